The quantitative estimate of drug-likeness (QED) is 0.503. The van der Waals surface area contributed by atoms with Crippen molar-refractivity contribution in [2.45, 2.75) is 26.2 Å². The molecular weight excluding hydrogens is 296 g/mol. The lowest BCUT2D eigenvalue weighted by atomic mass is 10.2. The minimum Gasteiger partial charge on any atom is -0.497 e. The average Bonchev–Trinajstić information content (AvgIpc) is 2.55. The Morgan fingerprint density at radius 1 is 0.957 bits per heavy atom. The summed E-state index contributed by atoms with van der Waals surface area (Å²) in [5, 5.41) is 9.85. The lowest BCUT2D eigenvalue weighted by Crippen LogP contribution is -2.10. The van der Waals surface area contributed by atoms with Gasteiger partial charge in [-0.1, -0.05) is 12.1 Å². The van der Waals surface area contributed by atoms with Crippen molar-refractivity contribution in [1.29, 1.82) is 0 Å². The lowest BCUT2D eigenvalue weighted by molar-refractivity contribution is -0.129. The zero-order valence-corrected chi connectivity index (χ0v) is 13.4. The molecule has 0 fully saturated rings. The molecule has 0 aromatic heterocycles. The number of ether oxygens (including phenoxy) is 3. The Kier molecular flexibility index (Phi) is 5.73. The number of carbonyl (C=O) groups excluding carboxylic acids is 1. The molecule has 0 heterocycles. The zero-order chi connectivity index (χ0) is 16.8. The molecule has 1 atom stereocenters. The van der Waals surface area contributed by atoms with Crippen molar-refractivity contribution in [3.05, 3.63) is 59.7 Å². The molecule has 0 radical (unpaired) electrons. The summed E-state index contributed by atoms with van der Waals surface area (Å²) in [4.78, 5) is 12.0. The van der Waals surface area contributed by atoms with Gasteiger partial charge in [-0.25, -0.2) is 4.79 Å². The zero-order valence-electron chi connectivity index (χ0n) is 13.4. The van der Waals surface area contributed by atoms with Gasteiger partial charge in [-0.2, -0.15) is 0 Å². The van der Waals surface area contributed by atoms with Crippen LogP contribution in [0.15, 0.2) is 48.5 Å². The predicted octanol–water partition coefficient (Wildman–Crippen LogP) is 3.33. The fourth-order valence-corrected chi connectivity index (χ4v) is 1.93. The van der Waals surface area contributed by atoms with E-state index in [0.717, 1.165) is 0 Å². The van der Waals surface area contributed by atoms with E-state index in [1.807, 2.05) is 13.8 Å². The Hall–Kier alpha value is -2.37. The fourth-order valence-electron chi connectivity index (χ4n) is 1.93. The maximum atomic E-state index is 12.0. The molecule has 0 saturated carbocycles. The third-order valence-electron chi connectivity index (χ3n) is 3.10. The maximum absolute atomic E-state index is 12.0. The highest BCUT2D eigenvalue weighted by Crippen LogP contribution is 2.21. The molecule has 23 heavy (non-hydrogen) atoms. The van der Waals surface area contributed by atoms with Crippen molar-refractivity contribution in [1.82, 2.24) is 0 Å². The van der Waals surface area contributed by atoms with E-state index in [1.165, 1.54) is 0 Å². The number of methoxy groups -OCH3 is 1. The van der Waals surface area contributed by atoms with E-state index in [0.29, 0.717) is 22.6 Å². The lowest BCUT2D eigenvalue weighted by Gasteiger charge is -2.15. The highest BCUT2D eigenvalue weighted by molar-refractivity contribution is 5.91. The summed E-state index contributed by atoms with van der Waals surface area (Å²) in [6.45, 7) is 3.68. The van der Waals surface area contributed by atoms with E-state index in [9.17, 15) is 9.90 Å². The Bertz CT molecular complexity index is 631. The molecule has 0 aliphatic carbocycles. The van der Waals surface area contributed by atoms with Crippen LogP contribution in [0.4, 0.5) is 0 Å². The van der Waals surface area contributed by atoms with Gasteiger partial charge in [-0.15, -0.1) is 0 Å². The molecule has 5 heteroatoms. The van der Waals surface area contributed by atoms with Crippen LogP contribution in [0.2, 0.25) is 0 Å². The Balaban J connectivity index is 2.00. The van der Waals surface area contributed by atoms with Crippen molar-refractivity contribution in [2.75, 3.05) is 7.11 Å². The summed E-state index contributed by atoms with van der Waals surface area (Å²) in [6.07, 6.45) is -1.08. The van der Waals surface area contributed by atoms with Gasteiger partial charge in [0, 0.05) is 5.56 Å². The van der Waals surface area contributed by atoms with Crippen LogP contribution in [0.3, 0.4) is 0 Å². The van der Waals surface area contributed by atoms with Crippen molar-refractivity contribution in [2.24, 2.45) is 0 Å². The van der Waals surface area contributed by atoms with Crippen molar-refractivity contribution in [3.63, 3.8) is 0 Å². The maximum Gasteiger partial charge on any atom is 0.343 e. The van der Waals surface area contributed by atoms with E-state index >= 15 is 0 Å². The van der Waals surface area contributed by atoms with Crippen LogP contribution >= 0.6 is 0 Å². The molecule has 0 aliphatic rings. The first-order valence-electron chi connectivity index (χ1n) is 7.29. The molecule has 1 N–H and O–H groups in total. The highest BCUT2D eigenvalue weighted by atomic mass is 16.6. The second-order valence-electron chi connectivity index (χ2n) is 5.22. The van der Waals surface area contributed by atoms with Crippen LogP contribution in [0.25, 0.3) is 0 Å². The number of hydrogen-bond acceptors (Lipinski definition) is 5. The third-order valence-corrected chi connectivity index (χ3v) is 3.10. The Morgan fingerprint density at radius 3 is 2.04 bits per heavy atom. The van der Waals surface area contributed by atoms with Crippen molar-refractivity contribution >= 4 is 5.97 Å². The summed E-state index contributed by atoms with van der Waals surface area (Å²) >= 11 is 0. The van der Waals surface area contributed by atoms with Gasteiger partial charge in [0.1, 0.15) is 11.5 Å². The van der Waals surface area contributed by atoms with E-state index in [-0.39, 0.29) is 6.10 Å². The van der Waals surface area contributed by atoms with Crippen LogP contribution in [0, 0.1) is 0 Å². The molecule has 0 saturated heterocycles. The third kappa shape index (κ3) is 4.81. The smallest absolute Gasteiger partial charge is 0.343 e. The SMILES string of the molecule is COc1ccc(C(=O)Oc2ccc(C(O)OC(C)C)cc2)cc1. The second kappa shape index (κ2) is 7.76. The van der Waals surface area contributed by atoms with Crippen LogP contribution in [0.5, 0.6) is 11.5 Å². The molecule has 2 aromatic carbocycles. The number of rotatable bonds is 6. The number of carbonyl (C=O) groups is 1. The molecule has 2 rings (SSSR count). The molecule has 0 spiro atoms. The van der Waals surface area contributed by atoms with E-state index in [4.69, 9.17) is 14.2 Å². The number of aliphatic hydroxyl groups is 1. The van der Waals surface area contributed by atoms with Gasteiger partial charge in [-0.05, 0) is 50.2 Å². The van der Waals surface area contributed by atoms with Crippen LogP contribution < -0.4 is 9.47 Å². The Labute approximate surface area is 135 Å². The summed E-state index contributed by atoms with van der Waals surface area (Å²) in [7, 11) is 1.56. The standard InChI is InChI=1S/C18H20O5/c1-12(2)22-17(19)13-6-10-16(11-7-13)23-18(20)14-4-8-15(21-3)9-5-14/h4-12,17,19H,1-3H3. The molecule has 0 amide bonds. The van der Waals surface area contributed by atoms with Crippen molar-refractivity contribution < 1.29 is 24.1 Å². The van der Waals surface area contributed by atoms with E-state index in [1.54, 1.807) is 55.6 Å². The van der Waals surface area contributed by atoms with Crippen molar-refractivity contribution in [3.8, 4) is 11.5 Å². The minimum atomic E-state index is -0.999. The summed E-state index contributed by atoms with van der Waals surface area (Å²) in [5.74, 6) is 0.607. The normalized spacial score (nSPS) is 12.0. The molecule has 5 nitrogen and oxygen atoms in total. The highest BCUT2D eigenvalue weighted by Gasteiger charge is 2.12. The van der Waals surface area contributed by atoms with Gasteiger partial charge in [0.2, 0.25) is 0 Å². The van der Waals surface area contributed by atoms with E-state index in [2.05, 4.69) is 0 Å². The largest absolute Gasteiger partial charge is 0.497 e. The van der Waals surface area contributed by atoms with Gasteiger partial charge in [0.05, 0.1) is 18.8 Å². The van der Waals surface area contributed by atoms with Gasteiger partial charge >= 0.3 is 5.97 Å². The predicted molar refractivity (Wildman–Crippen MR) is 85.6 cm³/mol. The average molecular weight is 316 g/mol. The van der Waals surface area contributed by atoms with Crippen LogP contribution in [0.1, 0.15) is 36.1 Å². The van der Waals surface area contributed by atoms with E-state index < -0.39 is 12.3 Å². The first-order valence-corrected chi connectivity index (χ1v) is 7.29. The number of esters is 1. The first-order chi connectivity index (χ1) is 11.0. The monoisotopic (exact) mass is 316 g/mol. The first kappa shape index (κ1) is 17.0. The molecule has 0 bridgehead atoms. The summed E-state index contributed by atoms with van der Waals surface area (Å²) in [5.41, 5.74) is 1.03. The molecule has 122 valence electrons. The number of aliphatic hydroxyl groups excluding tert-OH is 1. The number of benzene rings is 2. The topological polar surface area (TPSA) is 65.0 Å². The van der Waals surface area contributed by atoms with Gasteiger partial charge in [0.25, 0.3) is 0 Å². The van der Waals surface area contributed by atoms with Crippen LogP contribution in [-0.4, -0.2) is 24.3 Å². The molecule has 2 aromatic rings. The number of hydrogen-bond donors (Lipinski definition) is 1. The van der Waals surface area contributed by atoms with Gasteiger partial charge in [0.15, 0.2) is 6.29 Å². The molecule has 1 unspecified atom stereocenters. The van der Waals surface area contributed by atoms with Gasteiger partial charge in [-0.3, -0.25) is 0 Å². The summed E-state index contributed by atoms with van der Waals surface area (Å²) < 4.78 is 15.6. The minimum absolute atomic E-state index is 0.0856. The molecule has 0 aliphatic heterocycles. The summed E-state index contributed by atoms with van der Waals surface area (Å²) in [6, 6.07) is 13.2. The van der Waals surface area contributed by atoms with Gasteiger partial charge < -0.3 is 19.3 Å². The second-order valence-corrected chi connectivity index (χ2v) is 5.22. The van der Waals surface area contributed by atoms with Crippen LogP contribution in [-0.2, 0) is 4.74 Å². The molecular formula is C18H20O5. The fraction of sp³-hybridized carbons (Fsp3) is 0.278. The Morgan fingerprint density at radius 2 is 1.52 bits per heavy atom.